The molecule has 0 aliphatic heterocycles. The average Bonchev–Trinajstić information content (AvgIpc) is 3.06. The second kappa shape index (κ2) is 8.71. The van der Waals surface area contributed by atoms with E-state index in [0.717, 1.165) is 0 Å². The van der Waals surface area contributed by atoms with Crippen molar-refractivity contribution in [3.63, 3.8) is 0 Å². The lowest BCUT2D eigenvalue weighted by atomic mass is 10.1. The molecule has 0 fully saturated rings. The molecule has 10 heteroatoms. The first-order chi connectivity index (χ1) is 13.7. The Balaban J connectivity index is 1.72. The van der Waals surface area contributed by atoms with E-state index in [2.05, 4.69) is 9.71 Å². The van der Waals surface area contributed by atoms with Crippen molar-refractivity contribution in [3.05, 3.63) is 64.5 Å². The van der Waals surface area contributed by atoms with Gasteiger partial charge in [-0.2, -0.15) is 4.72 Å². The quantitative estimate of drug-likeness (QED) is 0.548. The summed E-state index contributed by atoms with van der Waals surface area (Å²) in [4.78, 5) is 16.9. The van der Waals surface area contributed by atoms with Crippen LogP contribution >= 0.6 is 23.2 Å². The molecule has 1 N–H and O–H groups in total. The number of nitrogens with zero attached hydrogens (tertiary/aromatic N) is 2. The molecule has 154 valence electrons. The van der Waals surface area contributed by atoms with Gasteiger partial charge >= 0.3 is 5.97 Å². The van der Waals surface area contributed by atoms with Gasteiger partial charge in [0.05, 0.1) is 15.6 Å². The second-order valence-corrected chi connectivity index (χ2v) is 9.34. The smallest absolute Gasteiger partial charge is 0.324 e. The first-order valence-corrected chi connectivity index (χ1v) is 11.0. The zero-order chi connectivity index (χ0) is 21.2. The molecule has 29 heavy (non-hydrogen) atoms. The number of imidazole rings is 1. The summed E-state index contributed by atoms with van der Waals surface area (Å²) >= 11 is 11.8. The van der Waals surface area contributed by atoms with Crippen LogP contribution in [0.1, 0.15) is 19.5 Å². The van der Waals surface area contributed by atoms with Crippen molar-refractivity contribution in [1.29, 1.82) is 0 Å². The minimum absolute atomic E-state index is 0.0271. The highest BCUT2D eigenvalue weighted by molar-refractivity contribution is 7.89. The number of rotatable bonds is 7. The summed E-state index contributed by atoms with van der Waals surface area (Å²) in [7, 11) is -3.95. The van der Waals surface area contributed by atoms with Crippen LogP contribution in [0.25, 0.3) is 5.65 Å². The molecule has 1 aromatic carbocycles. The summed E-state index contributed by atoms with van der Waals surface area (Å²) < 4.78 is 34.7. The number of hydrogen-bond donors (Lipinski definition) is 1. The van der Waals surface area contributed by atoms with Crippen molar-refractivity contribution >= 4 is 44.8 Å². The Bertz CT molecular complexity index is 1150. The number of sulfonamides is 1. The summed E-state index contributed by atoms with van der Waals surface area (Å²) in [6.45, 7) is 3.35. The monoisotopic (exact) mass is 455 g/mol. The second-order valence-electron chi connectivity index (χ2n) is 6.75. The maximum atomic E-state index is 12.6. The van der Waals surface area contributed by atoms with E-state index in [-0.39, 0.29) is 22.4 Å². The number of halogens is 2. The molecule has 0 bridgehead atoms. The van der Waals surface area contributed by atoms with E-state index >= 15 is 0 Å². The molecule has 0 spiro atoms. The largest absolute Gasteiger partial charge is 0.458 e. The molecule has 1 atom stereocenters. The van der Waals surface area contributed by atoms with E-state index in [4.69, 9.17) is 27.9 Å². The Hall–Kier alpha value is -2.13. The molecule has 0 aliphatic carbocycles. The number of pyridine rings is 1. The minimum Gasteiger partial charge on any atom is -0.458 e. The number of carbonyl (C=O) groups excluding carboxylic acids is 1. The van der Waals surface area contributed by atoms with Gasteiger partial charge in [0.25, 0.3) is 0 Å². The molecular formula is C19H19Cl2N3O4S. The lowest BCUT2D eigenvalue weighted by Crippen LogP contribution is -2.45. The topological polar surface area (TPSA) is 89.8 Å². The van der Waals surface area contributed by atoms with Gasteiger partial charge in [-0.15, -0.1) is 0 Å². The molecular weight excluding hydrogens is 437 g/mol. The number of aromatic nitrogens is 2. The number of carbonyl (C=O) groups is 1. The van der Waals surface area contributed by atoms with E-state index in [1.807, 2.05) is 0 Å². The van der Waals surface area contributed by atoms with Crippen molar-refractivity contribution in [1.82, 2.24) is 14.1 Å². The van der Waals surface area contributed by atoms with E-state index in [0.29, 0.717) is 16.4 Å². The van der Waals surface area contributed by atoms with E-state index in [9.17, 15) is 13.2 Å². The lowest BCUT2D eigenvalue weighted by molar-refractivity contribution is -0.148. The Morgan fingerprint density at radius 1 is 1.17 bits per heavy atom. The van der Waals surface area contributed by atoms with Crippen LogP contribution < -0.4 is 4.72 Å². The first-order valence-electron chi connectivity index (χ1n) is 8.73. The van der Waals surface area contributed by atoms with Crippen molar-refractivity contribution < 1.29 is 17.9 Å². The maximum absolute atomic E-state index is 12.6. The van der Waals surface area contributed by atoms with Crippen molar-refractivity contribution in [3.8, 4) is 0 Å². The van der Waals surface area contributed by atoms with Crippen LogP contribution in [0.5, 0.6) is 0 Å². The summed E-state index contributed by atoms with van der Waals surface area (Å²) in [5.41, 5.74) is 1.17. The third-order valence-corrected chi connectivity index (χ3v) is 6.03. The number of ether oxygens (including phenoxy) is 1. The average molecular weight is 456 g/mol. The van der Waals surface area contributed by atoms with Gasteiger partial charge in [0.2, 0.25) is 10.0 Å². The molecule has 2 heterocycles. The van der Waals surface area contributed by atoms with Crippen molar-refractivity contribution in [2.24, 2.45) is 5.92 Å². The van der Waals surface area contributed by atoms with Crippen LogP contribution in [0.15, 0.2) is 53.7 Å². The van der Waals surface area contributed by atoms with Crippen LogP contribution in [0.4, 0.5) is 0 Å². The van der Waals surface area contributed by atoms with Gasteiger partial charge in [0, 0.05) is 17.4 Å². The van der Waals surface area contributed by atoms with Gasteiger partial charge < -0.3 is 9.14 Å². The fourth-order valence-electron chi connectivity index (χ4n) is 2.65. The zero-order valence-corrected chi connectivity index (χ0v) is 18.0. The predicted octanol–water partition coefficient (Wildman–Crippen LogP) is 3.69. The molecule has 0 radical (unpaired) electrons. The Kier molecular flexibility index (Phi) is 6.48. The molecule has 3 aromatic rings. The SMILES string of the molecule is CC(C)C(NS(=O)(=O)c1cccc(Cl)c1)C(=O)OCc1cn2cc(Cl)ccc2n1. The normalized spacial score (nSPS) is 13.0. The summed E-state index contributed by atoms with van der Waals surface area (Å²) in [6, 6.07) is 8.19. The molecule has 7 nitrogen and oxygen atoms in total. The van der Waals surface area contributed by atoms with Gasteiger partial charge in [0.15, 0.2) is 0 Å². The lowest BCUT2D eigenvalue weighted by Gasteiger charge is -2.20. The van der Waals surface area contributed by atoms with Gasteiger partial charge in [-0.3, -0.25) is 4.79 Å². The fraction of sp³-hybridized carbons (Fsp3) is 0.263. The minimum atomic E-state index is -3.95. The highest BCUT2D eigenvalue weighted by Crippen LogP contribution is 2.18. The number of fused-ring (bicyclic) bond motifs is 1. The zero-order valence-electron chi connectivity index (χ0n) is 15.7. The molecule has 0 amide bonds. The number of hydrogen-bond acceptors (Lipinski definition) is 5. The van der Waals surface area contributed by atoms with Crippen LogP contribution in [0.2, 0.25) is 10.0 Å². The molecule has 0 saturated heterocycles. The van der Waals surface area contributed by atoms with Crippen LogP contribution in [0, 0.1) is 5.92 Å². The maximum Gasteiger partial charge on any atom is 0.324 e. The molecule has 1 unspecified atom stereocenters. The Labute approximate surface area is 178 Å². The number of benzene rings is 1. The molecule has 0 aliphatic rings. The highest BCUT2D eigenvalue weighted by Gasteiger charge is 2.30. The fourth-order valence-corrected chi connectivity index (χ4v) is 4.45. The summed E-state index contributed by atoms with van der Waals surface area (Å²) in [6.07, 6.45) is 3.38. The Morgan fingerprint density at radius 3 is 2.62 bits per heavy atom. The van der Waals surface area contributed by atoms with E-state index < -0.39 is 22.0 Å². The summed E-state index contributed by atoms with van der Waals surface area (Å²) in [5, 5.41) is 0.831. The van der Waals surface area contributed by atoms with Gasteiger partial charge in [0.1, 0.15) is 18.3 Å². The molecule has 3 rings (SSSR count). The molecule has 2 aromatic heterocycles. The summed E-state index contributed by atoms with van der Waals surface area (Å²) in [5.74, 6) is -1.03. The molecule has 0 saturated carbocycles. The van der Waals surface area contributed by atoms with Crippen LogP contribution in [0.3, 0.4) is 0 Å². The third kappa shape index (κ3) is 5.27. The van der Waals surface area contributed by atoms with Gasteiger partial charge in [-0.05, 0) is 36.2 Å². The van der Waals surface area contributed by atoms with Crippen LogP contribution in [-0.4, -0.2) is 29.8 Å². The van der Waals surface area contributed by atoms with Crippen molar-refractivity contribution in [2.75, 3.05) is 0 Å². The Morgan fingerprint density at radius 2 is 1.93 bits per heavy atom. The first kappa shape index (κ1) is 21.6. The third-order valence-electron chi connectivity index (χ3n) is 4.14. The number of nitrogens with one attached hydrogen (secondary N) is 1. The van der Waals surface area contributed by atoms with E-state index in [1.54, 1.807) is 48.8 Å². The van der Waals surface area contributed by atoms with Crippen molar-refractivity contribution in [2.45, 2.75) is 31.4 Å². The number of esters is 1. The predicted molar refractivity (Wildman–Crippen MR) is 110 cm³/mol. The highest BCUT2D eigenvalue weighted by atomic mass is 35.5. The van der Waals surface area contributed by atoms with Crippen LogP contribution in [-0.2, 0) is 26.2 Å². The van der Waals surface area contributed by atoms with Gasteiger partial charge in [-0.25, -0.2) is 13.4 Å². The van der Waals surface area contributed by atoms with E-state index in [1.165, 1.54) is 18.2 Å². The standard InChI is InChI=1S/C19H19Cl2N3O4S/c1-12(2)18(23-29(26,27)16-5-3-4-13(20)8-16)19(25)28-11-15-10-24-9-14(21)6-7-17(24)22-15/h3-10,12,18,23H,11H2,1-2H3. The van der Waals surface area contributed by atoms with Gasteiger partial charge in [-0.1, -0.05) is 43.1 Å².